The summed E-state index contributed by atoms with van der Waals surface area (Å²) in [6.45, 7) is 0.671. The van der Waals surface area contributed by atoms with E-state index in [2.05, 4.69) is 10.6 Å². The molecule has 0 bridgehead atoms. The van der Waals surface area contributed by atoms with E-state index in [-0.39, 0.29) is 31.2 Å². The molecule has 0 heterocycles. The molecule has 0 aliphatic carbocycles. The monoisotopic (exact) mass is 382 g/mol. The minimum absolute atomic E-state index is 0.0411. The molecule has 8 heteroatoms. The van der Waals surface area contributed by atoms with Gasteiger partial charge in [0.15, 0.2) is 0 Å². The highest BCUT2D eigenvalue weighted by Gasteiger charge is 2.32. The Morgan fingerprint density at radius 1 is 1.00 bits per heavy atom. The number of para-hydroxylation sites is 1. The number of carbonyl (C=O) groups is 1. The average Bonchev–Trinajstić information content (AvgIpc) is 2.65. The fraction of sp³-hybridized carbons (Fsp3) is 0.316. The topological polar surface area (TPSA) is 59.6 Å². The van der Waals surface area contributed by atoms with Crippen molar-refractivity contribution in [3.8, 4) is 11.5 Å². The van der Waals surface area contributed by atoms with Crippen molar-refractivity contribution < 1.29 is 27.4 Å². The minimum Gasteiger partial charge on any atom is -0.497 e. The average molecular weight is 382 g/mol. The molecular weight excluding hydrogens is 361 g/mol. The Bertz CT molecular complexity index is 734. The highest BCUT2D eigenvalue weighted by molar-refractivity contribution is 5.76. The Balaban J connectivity index is 1.67. The summed E-state index contributed by atoms with van der Waals surface area (Å²) >= 11 is 0. The summed E-state index contributed by atoms with van der Waals surface area (Å²) in [4.78, 5) is 11.8. The first kappa shape index (κ1) is 20.4. The molecule has 0 saturated carbocycles. The van der Waals surface area contributed by atoms with Crippen molar-refractivity contribution >= 4 is 11.6 Å². The third-order valence-corrected chi connectivity index (χ3v) is 3.65. The smallest absolute Gasteiger partial charge is 0.418 e. The first-order valence-electron chi connectivity index (χ1n) is 8.34. The quantitative estimate of drug-likeness (QED) is 0.649. The second-order valence-electron chi connectivity index (χ2n) is 5.59. The summed E-state index contributed by atoms with van der Waals surface area (Å²) in [5.74, 6) is 1.09. The SMILES string of the molecule is COc1ccc(OCCNC(=O)CCNc2ccccc2C(F)(F)F)cc1. The van der Waals surface area contributed by atoms with Crippen LogP contribution in [0, 0.1) is 0 Å². The number of anilines is 1. The summed E-state index contributed by atoms with van der Waals surface area (Å²) in [5, 5.41) is 5.31. The summed E-state index contributed by atoms with van der Waals surface area (Å²) in [6, 6.07) is 12.2. The number of ether oxygens (including phenoxy) is 2. The predicted octanol–water partition coefficient (Wildman–Crippen LogP) is 3.71. The standard InChI is InChI=1S/C19H21F3N2O3/c1-26-14-6-8-15(9-7-14)27-13-12-24-18(25)10-11-23-17-5-3-2-4-16(17)19(20,21)22/h2-9,23H,10-13H2,1H3,(H,24,25). The zero-order valence-corrected chi connectivity index (χ0v) is 14.8. The fourth-order valence-electron chi connectivity index (χ4n) is 2.31. The minimum atomic E-state index is -4.44. The van der Waals surface area contributed by atoms with Crippen LogP contribution in [-0.2, 0) is 11.0 Å². The molecule has 0 aliphatic rings. The van der Waals surface area contributed by atoms with E-state index in [1.165, 1.54) is 18.2 Å². The number of carbonyl (C=O) groups excluding carboxylic acids is 1. The van der Waals surface area contributed by atoms with Crippen LogP contribution in [0.1, 0.15) is 12.0 Å². The van der Waals surface area contributed by atoms with Crippen molar-refractivity contribution in [1.29, 1.82) is 0 Å². The third kappa shape index (κ3) is 6.73. The lowest BCUT2D eigenvalue weighted by atomic mass is 10.1. The summed E-state index contributed by atoms with van der Waals surface area (Å²) in [7, 11) is 1.57. The van der Waals surface area contributed by atoms with Gasteiger partial charge in [0.1, 0.15) is 18.1 Å². The van der Waals surface area contributed by atoms with Crippen LogP contribution in [-0.4, -0.2) is 32.7 Å². The molecule has 2 N–H and O–H groups in total. The lowest BCUT2D eigenvalue weighted by molar-refractivity contribution is -0.137. The van der Waals surface area contributed by atoms with Gasteiger partial charge in [-0.2, -0.15) is 13.2 Å². The summed E-state index contributed by atoms with van der Waals surface area (Å²) in [6.07, 6.45) is -4.39. The van der Waals surface area contributed by atoms with E-state index in [1.54, 1.807) is 31.4 Å². The van der Waals surface area contributed by atoms with E-state index in [0.29, 0.717) is 12.3 Å². The lowest BCUT2D eigenvalue weighted by Gasteiger charge is -2.14. The molecule has 0 spiro atoms. The molecule has 0 aromatic heterocycles. The van der Waals surface area contributed by atoms with Crippen LogP contribution in [0.4, 0.5) is 18.9 Å². The number of halogens is 3. The van der Waals surface area contributed by atoms with Crippen LogP contribution in [0.25, 0.3) is 0 Å². The lowest BCUT2D eigenvalue weighted by Crippen LogP contribution is -2.29. The van der Waals surface area contributed by atoms with Gasteiger partial charge >= 0.3 is 6.18 Å². The Hall–Kier alpha value is -2.90. The predicted molar refractivity (Wildman–Crippen MR) is 96.0 cm³/mol. The van der Waals surface area contributed by atoms with E-state index >= 15 is 0 Å². The van der Waals surface area contributed by atoms with Gasteiger partial charge in [-0.15, -0.1) is 0 Å². The molecule has 0 atom stereocenters. The fourth-order valence-corrected chi connectivity index (χ4v) is 2.31. The third-order valence-electron chi connectivity index (χ3n) is 3.65. The zero-order chi connectivity index (χ0) is 19.7. The molecule has 146 valence electrons. The number of alkyl halides is 3. The molecule has 2 aromatic rings. The summed E-state index contributed by atoms with van der Waals surface area (Å²) in [5.41, 5.74) is -0.793. The number of amides is 1. The number of methoxy groups -OCH3 is 1. The first-order chi connectivity index (χ1) is 12.9. The molecule has 2 aromatic carbocycles. The van der Waals surface area contributed by atoms with E-state index < -0.39 is 11.7 Å². The first-order valence-corrected chi connectivity index (χ1v) is 8.34. The second kappa shape index (κ2) is 9.70. The van der Waals surface area contributed by atoms with Gasteiger partial charge in [-0.25, -0.2) is 0 Å². The summed E-state index contributed by atoms with van der Waals surface area (Å²) < 4.78 is 49.2. The number of hydrogen-bond donors (Lipinski definition) is 2. The van der Waals surface area contributed by atoms with Gasteiger partial charge in [0.25, 0.3) is 0 Å². The van der Waals surface area contributed by atoms with Crippen molar-refractivity contribution in [2.45, 2.75) is 12.6 Å². The van der Waals surface area contributed by atoms with Gasteiger partial charge < -0.3 is 20.1 Å². The molecule has 0 radical (unpaired) electrons. The van der Waals surface area contributed by atoms with Crippen LogP contribution < -0.4 is 20.1 Å². The number of hydrogen-bond acceptors (Lipinski definition) is 4. The van der Waals surface area contributed by atoms with Crippen molar-refractivity contribution in [3.63, 3.8) is 0 Å². The van der Waals surface area contributed by atoms with Gasteiger partial charge in [0.2, 0.25) is 5.91 Å². The molecule has 27 heavy (non-hydrogen) atoms. The number of nitrogens with one attached hydrogen (secondary N) is 2. The van der Waals surface area contributed by atoms with Gasteiger partial charge in [-0.3, -0.25) is 4.79 Å². The van der Waals surface area contributed by atoms with Crippen LogP contribution in [0.5, 0.6) is 11.5 Å². The van der Waals surface area contributed by atoms with E-state index in [9.17, 15) is 18.0 Å². The largest absolute Gasteiger partial charge is 0.497 e. The molecular formula is C19H21F3N2O3. The van der Waals surface area contributed by atoms with Gasteiger partial charge in [0.05, 0.1) is 19.2 Å². The van der Waals surface area contributed by atoms with Gasteiger partial charge in [-0.1, -0.05) is 12.1 Å². The molecule has 2 rings (SSSR count). The number of rotatable bonds is 9. The highest BCUT2D eigenvalue weighted by atomic mass is 19.4. The van der Waals surface area contributed by atoms with Crippen molar-refractivity contribution in [2.75, 3.05) is 32.1 Å². The Labute approximate surface area is 155 Å². The maximum absolute atomic E-state index is 12.9. The Morgan fingerprint density at radius 3 is 2.33 bits per heavy atom. The maximum Gasteiger partial charge on any atom is 0.418 e. The highest BCUT2D eigenvalue weighted by Crippen LogP contribution is 2.34. The van der Waals surface area contributed by atoms with E-state index in [0.717, 1.165) is 11.8 Å². The van der Waals surface area contributed by atoms with Crippen LogP contribution in [0.2, 0.25) is 0 Å². The Kier molecular flexibility index (Phi) is 7.34. The van der Waals surface area contributed by atoms with Crippen LogP contribution in [0.3, 0.4) is 0 Å². The molecule has 0 saturated heterocycles. The van der Waals surface area contributed by atoms with Crippen LogP contribution >= 0.6 is 0 Å². The Morgan fingerprint density at radius 2 is 1.67 bits per heavy atom. The second-order valence-corrected chi connectivity index (χ2v) is 5.59. The van der Waals surface area contributed by atoms with E-state index in [4.69, 9.17) is 9.47 Å². The number of benzene rings is 2. The molecule has 0 aliphatic heterocycles. The van der Waals surface area contributed by atoms with Gasteiger partial charge in [0, 0.05) is 18.7 Å². The maximum atomic E-state index is 12.9. The van der Waals surface area contributed by atoms with Crippen molar-refractivity contribution in [1.82, 2.24) is 5.32 Å². The normalized spacial score (nSPS) is 11.0. The molecule has 0 fully saturated rings. The molecule has 5 nitrogen and oxygen atoms in total. The van der Waals surface area contributed by atoms with E-state index in [1.807, 2.05) is 0 Å². The zero-order valence-electron chi connectivity index (χ0n) is 14.8. The van der Waals surface area contributed by atoms with Gasteiger partial charge in [-0.05, 0) is 36.4 Å². The molecule has 0 unspecified atom stereocenters. The van der Waals surface area contributed by atoms with Crippen molar-refractivity contribution in [2.24, 2.45) is 0 Å². The van der Waals surface area contributed by atoms with Crippen LogP contribution in [0.15, 0.2) is 48.5 Å². The molecule has 1 amide bonds. The van der Waals surface area contributed by atoms with Crippen molar-refractivity contribution in [3.05, 3.63) is 54.1 Å².